The maximum Gasteiger partial charge on any atom is 0.249 e. The van der Waals surface area contributed by atoms with Gasteiger partial charge in [0.25, 0.3) is 0 Å². The van der Waals surface area contributed by atoms with E-state index in [1.165, 1.54) is 31.4 Å². The third kappa shape index (κ3) is 4.96. The largest absolute Gasteiger partial charge is 0.388 e. The van der Waals surface area contributed by atoms with Crippen molar-refractivity contribution in [2.24, 2.45) is 0 Å². The predicted octanol–water partition coefficient (Wildman–Crippen LogP) is 1.79. The van der Waals surface area contributed by atoms with Crippen LogP contribution in [0.5, 0.6) is 0 Å². The molecule has 19 heavy (non-hydrogen) atoms. The molecule has 0 saturated carbocycles. The monoisotopic (exact) mass is 269 g/mol. The second-order valence-corrected chi connectivity index (χ2v) is 4.59. The SMILES string of the molecule is COC(C)C(=O)NC(C)CC(O)c1ccc(F)cc1. The number of aliphatic hydroxyl groups excluding tert-OH is 1. The minimum Gasteiger partial charge on any atom is -0.388 e. The molecule has 3 unspecified atom stereocenters. The molecule has 0 saturated heterocycles. The van der Waals surface area contributed by atoms with Gasteiger partial charge in [-0.1, -0.05) is 12.1 Å². The number of hydrogen-bond donors (Lipinski definition) is 2. The van der Waals surface area contributed by atoms with E-state index in [4.69, 9.17) is 4.74 Å². The highest BCUT2D eigenvalue weighted by Gasteiger charge is 2.17. The number of carbonyl (C=O) groups excluding carboxylic acids is 1. The Balaban J connectivity index is 2.50. The number of methoxy groups -OCH3 is 1. The van der Waals surface area contributed by atoms with Gasteiger partial charge in [-0.2, -0.15) is 0 Å². The van der Waals surface area contributed by atoms with Gasteiger partial charge in [-0.15, -0.1) is 0 Å². The molecule has 1 aromatic rings. The van der Waals surface area contributed by atoms with E-state index in [-0.39, 0.29) is 17.8 Å². The average molecular weight is 269 g/mol. The lowest BCUT2D eigenvalue weighted by atomic mass is 10.0. The van der Waals surface area contributed by atoms with Crippen molar-refractivity contribution in [1.82, 2.24) is 5.32 Å². The fraction of sp³-hybridized carbons (Fsp3) is 0.500. The fourth-order valence-corrected chi connectivity index (χ4v) is 1.68. The van der Waals surface area contributed by atoms with Crippen molar-refractivity contribution in [2.75, 3.05) is 7.11 Å². The number of hydrogen-bond acceptors (Lipinski definition) is 3. The first-order valence-electron chi connectivity index (χ1n) is 6.20. The van der Waals surface area contributed by atoms with Gasteiger partial charge < -0.3 is 15.2 Å². The number of rotatable bonds is 6. The summed E-state index contributed by atoms with van der Waals surface area (Å²) in [5.41, 5.74) is 0.627. The second-order valence-electron chi connectivity index (χ2n) is 4.59. The standard InChI is InChI=1S/C14H20FNO3/c1-9(16-14(18)10(2)19-3)8-13(17)11-4-6-12(15)7-5-11/h4-7,9-10,13,17H,8H2,1-3H3,(H,16,18). The summed E-state index contributed by atoms with van der Waals surface area (Å²) in [6, 6.07) is 5.47. The van der Waals surface area contributed by atoms with Crippen LogP contribution in [0.25, 0.3) is 0 Å². The lowest BCUT2D eigenvalue weighted by Gasteiger charge is -2.20. The van der Waals surface area contributed by atoms with Crippen molar-refractivity contribution in [3.05, 3.63) is 35.6 Å². The number of carbonyl (C=O) groups is 1. The molecule has 106 valence electrons. The van der Waals surface area contributed by atoms with Crippen molar-refractivity contribution >= 4 is 5.91 Å². The van der Waals surface area contributed by atoms with Crippen LogP contribution >= 0.6 is 0 Å². The van der Waals surface area contributed by atoms with E-state index < -0.39 is 12.2 Å². The summed E-state index contributed by atoms with van der Waals surface area (Å²) in [6.07, 6.45) is -0.910. The summed E-state index contributed by atoms with van der Waals surface area (Å²) in [5.74, 6) is -0.562. The number of halogens is 1. The average Bonchev–Trinajstić information content (AvgIpc) is 2.38. The van der Waals surface area contributed by atoms with Crippen LogP contribution in [-0.4, -0.2) is 30.3 Å². The van der Waals surface area contributed by atoms with Crippen molar-refractivity contribution in [3.63, 3.8) is 0 Å². The van der Waals surface area contributed by atoms with Crippen LogP contribution in [0.1, 0.15) is 31.9 Å². The van der Waals surface area contributed by atoms with E-state index in [2.05, 4.69) is 5.32 Å². The third-order valence-corrected chi connectivity index (χ3v) is 2.94. The number of aliphatic hydroxyl groups is 1. The topological polar surface area (TPSA) is 58.6 Å². The molecular weight excluding hydrogens is 249 g/mol. The summed E-state index contributed by atoms with van der Waals surface area (Å²) >= 11 is 0. The van der Waals surface area contributed by atoms with Crippen LogP contribution in [0, 0.1) is 5.82 Å². The lowest BCUT2D eigenvalue weighted by molar-refractivity contribution is -0.130. The maximum atomic E-state index is 12.8. The summed E-state index contributed by atoms with van der Waals surface area (Å²) in [4.78, 5) is 11.6. The van der Waals surface area contributed by atoms with E-state index >= 15 is 0 Å². The summed E-state index contributed by atoms with van der Waals surface area (Å²) < 4.78 is 17.7. The molecule has 4 nitrogen and oxygen atoms in total. The molecule has 0 fully saturated rings. The molecule has 1 rings (SSSR count). The van der Waals surface area contributed by atoms with Gasteiger partial charge in [-0.3, -0.25) is 4.79 Å². The minimum absolute atomic E-state index is 0.204. The van der Waals surface area contributed by atoms with Crippen LogP contribution in [0.2, 0.25) is 0 Å². The van der Waals surface area contributed by atoms with Gasteiger partial charge in [0, 0.05) is 13.2 Å². The van der Waals surface area contributed by atoms with Gasteiger partial charge >= 0.3 is 0 Å². The second kappa shape index (κ2) is 7.21. The Labute approximate surface area is 112 Å². The maximum absolute atomic E-state index is 12.8. The molecule has 0 heterocycles. The Morgan fingerprint density at radius 2 is 1.95 bits per heavy atom. The Morgan fingerprint density at radius 1 is 1.37 bits per heavy atom. The molecule has 0 spiro atoms. The smallest absolute Gasteiger partial charge is 0.249 e. The summed E-state index contributed by atoms with van der Waals surface area (Å²) in [6.45, 7) is 3.45. The molecule has 0 aliphatic rings. The molecule has 0 radical (unpaired) electrons. The quantitative estimate of drug-likeness (QED) is 0.827. The molecule has 1 amide bonds. The zero-order chi connectivity index (χ0) is 14.4. The zero-order valence-electron chi connectivity index (χ0n) is 11.4. The van der Waals surface area contributed by atoms with Gasteiger partial charge in [0.05, 0.1) is 6.10 Å². The molecule has 0 aliphatic carbocycles. The van der Waals surface area contributed by atoms with E-state index in [1.54, 1.807) is 13.8 Å². The Hall–Kier alpha value is -1.46. The van der Waals surface area contributed by atoms with Gasteiger partial charge in [-0.05, 0) is 38.0 Å². The number of benzene rings is 1. The van der Waals surface area contributed by atoms with E-state index in [0.717, 1.165) is 0 Å². The molecule has 0 aromatic heterocycles. The van der Waals surface area contributed by atoms with Gasteiger partial charge in [0.15, 0.2) is 0 Å². The van der Waals surface area contributed by atoms with Crippen LogP contribution in [0.4, 0.5) is 4.39 Å². The highest BCUT2D eigenvalue weighted by atomic mass is 19.1. The predicted molar refractivity (Wildman–Crippen MR) is 70.1 cm³/mol. The minimum atomic E-state index is -0.742. The zero-order valence-corrected chi connectivity index (χ0v) is 11.4. The van der Waals surface area contributed by atoms with Crippen LogP contribution in [0.15, 0.2) is 24.3 Å². The Morgan fingerprint density at radius 3 is 2.47 bits per heavy atom. The van der Waals surface area contributed by atoms with Gasteiger partial charge in [0.2, 0.25) is 5.91 Å². The first-order valence-corrected chi connectivity index (χ1v) is 6.20. The Kier molecular flexibility index (Phi) is 5.92. The van der Waals surface area contributed by atoms with Crippen LogP contribution < -0.4 is 5.32 Å². The van der Waals surface area contributed by atoms with Crippen molar-refractivity contribution < 1.29 is 19.0 Å². The van der Waals surface area contributed by atoms with Gasteiger partial charge in [0.1, 0.15) is 11.9 Å². The number of nitrogens with one attached hydrogen (secondary N) is 1. The Bertz CT molecular complexity index is 408. The molecule has 1 aromatic carbocycles. The normalized spacial score (nSPS) is 15.6. The molecular formula is C14H20FNO3. The highest BCUT2D eigenvalue weighted by Crippen LogP contribution is 2.18. The van der Waals surface area contributed by atoms with Crippen molar-refractivity contribution in [1.29, 1.82) is 0 Å². The third-order valence-electron chi connectivity index (χ3n) is 2.94. The molecule has 0 aliphatic heterocycles. The van der Waals surface area contributed by atoms with E-state index in [1.807, 2.05) is 0 Å². The van der Waals surface area contributed by atoms with E-state index in [9.17, 15) is 14.3 Å². The highest BCUT2D eigenvalue weighted by molar-refractivity contribution is 5.80. The van der Waals surface area contributed by atoms with Crippen LogP contribution in [-0.2, 0) is 9.53 Å². The molecule has 2 N–H and O–H groups in total. The van der Waals surface area contributed by atoms with Crippen molar-refractivity contribution in [2.45, 2.75) is 38.5 Å². The molecule has 0 bridgehead atoms. The first kappa shape index (κ1) is 15.6. The van der Waals surface area contributed by atoms with Crippen LogP contribution in [0.3, 0.4) is 0 Å². The number of amides is 1. The van der Waals surface area contributed by atoms with Crippen molar-refractivity contribution in [3.8, 4) is 0 Å². The first-order chi connectivity index (χ1) is 8.93. The summed E-state index contributed by atoms with van der Waals surface area (Å²) in [5, 5.41) is 12.7. The molecule has 3 atom stereocenters. The number of ether oxygens (including phenoxy) is 1. The fourth-order valence-electron chi connectivity index (χ4n) is 1.68. The lowest BCUT2D eigenvalue weighted by Crippen LogP contribution is -2.40. The van der Waals surface area contributed by atoms with Gasteiger partial charge in [-0.25, -0.2) is 4.39 Å². The molecule has 5 heteroatoms. The van der Waals surface area contributed by atoms with E-state index in [0.29, 0.717) is 12.0 Å². The summed E-state index contributed by atoms with van der Waals surface area (Å²) in [7, 11) is 1.46.